The van der Waals surface area contributed by atoms with E-state index < -0.39 is 0 Å². The maximum atomic E-state index is 12.6. The van der Waals surface area contributed by atoms with Gasteiger partial charge in [-0.15, -0.1) is 0 Å². The first-order valence-corrected chi connectivity index (χ1v) is 8.78. The number of nitrogens with zero attached hydrogens (tertiary/aromatic N) is 2. The number of carbonyl (C=O) groups is 2. The zero-order valence-corrected chi connectivity index (χ0v) is 14.2. The lowest BCUT2D eigenvalue weighted by molar-refractivity contribution is -0.138. The summed E-state index contributed by atoms with van der Waals surface area (Å²) in [6, 6.07) is 7.51. The Labute approximate surface area is 139 Å². The molecule has 3 rings (SSSR count). The van der Waals surface area contributed by atoms with Crippen LogP contribution in [0.5, 0.6) is 0 Å². The summed E-state index contributed by atoms with van der Waals surface area (Å²) in [5.41, 5.74) is 0.696. The van der Waals surface area contributed by atoms with Crippen molar-refractivity contribution in [2.75, 3.05) is 26.2 Å². The van der Waals surface area contributed by atoms with Gasteiger partial charge in [-0.3, -0.25) is 9.59 Å². The smallest absolute Gasteiger partial charge is 0.255 e. The predicted molar refractivity (Wildman–Crippen MR) is 88.6 cm³/mol. The van der Waals surface area contributed by atoms with E-state index in [1.807, 2.05) is 34.1 Å². The lowest BCUT2D eigenvalue weighted by Crippen LogP contribution is -2.41. The maximum Gasteiger partial charge on any atom is 0.255 e. The Hall–Kier alpha value is -1.36. The van der Waals surface area contributed by atoms with Crippen molar-refractivity contribution in [2.24, 2.45) is 5.92 Å². The van der Waals surface area contributed by atoms with E-state index in [1.54, 1.807) is 0 Å². The van der Waals surface area contributed by atoms with Gasteiger partial charge in [-0.25, -0.2) is 0 Å². The summed E-state index contributed by atoms with van der Waals surface area (Å²) in [7, 11) is 0. The molecule has 2 fully saturated rings. The van der Waals surface area contributed by atoms with Crippen LogP contribution in [0.15, 0.2) is 28.7 Å². The number of amides is 2. The highest BCUT2D eigenvalue weighted by molar-refractivity contribution is 9.10. The number of carbonyl (C=O) groups excluding carboxylic acids is 2. The van der Waals surface area contributed by atoms with Crippen LogP contribution in [0.25, 0.3) is 0 Å². The number of benzene rings is 1. The Bertz CT molecular complexity index is 572. The molecule has 2 aliphatic rings. The highest BCUT2D eigenvalue weighted by Gasteiger charge is 2.31. The first-order chi connectivity index (χ1) is 10.7. The third-order valence-electron chi connectivity index (χ3n) is 4.65. The molecule has 1 aliphatic carbocycles. The number of hydrogen-bond donors (Lipinski definition) is 0. The summed E-state index contributed by atoms with van der Waals surface area (Å²) in [4.78, 5) is 28.8. The zero-order valence-electron chi connectivity index (χ0n) is 12.6. The lowest BCUT2D eigenvalue weighted by Gasteiger charge is -2.31. The summed E-state index contributed by atoms with van der Waals surface area (Å²) >= 11 is 3.44. The Morgan fingerprint density at radius 1 is 0.955 bits per heavy atom. The van der Waals surface area contributed by atoms with Crippen molar-refractivity contribution in [3.63, 3.8) is 0 Å². The van der Waals surface area contributed by atoms with Crippen LogP contribution in [0.2, 0.25) is 0 Å². The summed E-state index contributed by atoms with van der Waals surface area (Å²) in [6.07, 6.45) is 4.11. The molecular formula is C17H21BrN2O2. The van der Waals surface area contributed by atoms with Crippen LogP contribution in [-0.4, -0.2) is 47.8 Å². The van der Waals surface area contributed by atoms with E-state index in [9.17, 15) is 9.59 Å². The molecule has 0 atom stereocenters. The minimum Gasteiger partial charge on any atom is -0.341 e. The predicted octanol–water partition coefficient (Wildman–Crippen LogP) is 2.92. The third-order valence-corrected chi connectivity index (χ3v) is 5.34. The molecule has 0 unspecified atom stereocenters. The van der Waals surface area contributed by atoms with Gasteiger partial charge in [-0.05, 0) is 47.3 Å². The molecule has 2 amide bonds. The Morgan fingerprint density at radius 3 is 2.32 bits per heavy atom. The Morgan fingerprint density at radius 2 is 1.64 bits per heavy atom. The van der Waals surface area contributed by atoms with Gasteiger partial charge >= 0.3 is 0 Å². The first kappa shape index (κ1) is 15.5. The average molecular weight is 365 g/mol. The van der Waals surface area contributed by atoms with Crippen molar-refractivity contribution in [1.82, 2.24) is 9.80 Å². The van der Waals surface area contributed by atoms with E-state index in [0.717, 1.165) is 30.3 Å². The molecule has 4 nitrogen and oxygen atoms in total. The molecule has 0 N–H and O–H groups in total. The lowest BCUT2D eigenvalue weighted by atomic mass is 9.84. The molecule has 5 heteroatoms. The van der Waals surface area contributed by atoms with E-state index in [0.29, 0.717) is 31.1 Å². The first-order valence-electron chi connectivity index (χ1n) is 7.99. The second-order valence-corrected chi connectivity index (χ2v) is 6.93. The average Bonchev–Trinajstić information content (AvgIpc) is 2.71. The molecule has 1 aromatic carbocycles. The van der Waals surface area contributed by atoms with Gasteiger partial charge in [0, 0.05) is 36.6 Å². The summed E-state index contributed by atoms with van der Waals surface area (Å²) in [6.45, 7) is 2.77. The highest BCUT2D eigenvalue weighted by Crippen LogP contribution is 2.28. The normalized spacial score (nSPS) is 19.5. The Balaban J connectivity index is 1.63. The molecule has 1 saturated carbocycles. The number of halogens is 1. The molecular weight excluding hydrogens is 344 g/mol. The minimum absolute atomic E-state index is 0.0467. The summed E-state index contributed by atoms with van der Waals surface area (Å²) in [5, 5.41) is 0. The number of hydrogen-bond acceptors (Lipinski definition) is 2. The van der Waals surface area contributed by atoms with Gasteiger partial charge in [0.25, 0.3) is 5.91 Å². The second kappa shape index (κ2) is 6.82. The van der Waals surface area contributed by atoms with Gasteiger partial charge in [-0.2, -0.15) is 0 Å². The van der Waals surface area contributed by atoms with Crippen LogP contribution < -0.4 is 0 Å². The molecule has 1 heterocycles. The van der Waals surface area contributed by atoms with Crippen LogP contribution in [0.4, 0.5) is 0 Å². The molecule has 22 heavy (non-hydrogen) atoms. The standard InChI is InChI=1S/C17H21BrN2O2/c18-15-8-2-1-7-14(15)17(22)20-10-4-9-19(11-12-20)16(21)13-5-3-6-13/h1-2,7-8,13H,3-6,9-12H2. The van der Waals surface area contributed by atoms with Gasteiger partial charge < -0.3 is 9.80 Å². The van der Waals surface area contributed by atoms with Gasteiger partial charge in [0.2, 0.25) is 5.91 Å². The number of rotatable bonds is 2. The van der Waals surface area contributed by atoms with E-state index in [4.69, 9.17) is 0 Å². The fraction of sp³-hybridized carbons (Fsp3) is 0.529. The molecule has 0 spiro atoms. The minimum atomic E-state index is 0.0467. The molecule has 0 aromatic heterocycles. The van der Waals surface area contributed by atoms with E-state index in [2.05, 4.69) is 15.9 Å². The fourth-order valence-electron chi connectivity index (χ4n) is 3.06. The van der Waals surface area contributed by atoms with Crippen molar-refractivity contribution in [3.05, 3.63) is 34.3 Å². The van der Waals surface area contributed by atoms with Crippen molar-refractivity contribution in [3.8, 4) is 0 Å². The van der Waals surface area contributed by atoms with Crippen LogP contribution in [0.1, 0.15) is 36.0 Å². The quantitative estimate of drug-likeness (QED) is 0.809. The van der Waals surface area contributed by atoms with Gasteiger partial charge in [0.05, 0.1) is 5.56 Å². The van der Waals surface area contributed by atoms with Crippen LogP contribution >= 0.6 is 15.9 Å². The monoisotopic (exact) mass is 364 g/mol. The topological polar surface area (TPSA) is 40.6 Å². The van der Waals surface area contributed by atoms with Gasteiger partial charge in [0.15, 0.2) is 0 Å². The molecule has 0 radical (unpaired) electrons. The Kier molecular flexibility index (Phi) is 4.81. The fourth-order valence-corrected chi connectivity index (χ4v) is 3.51. The van der Waals surface area contributed by atoms with Crippen LogP contribution in [0, 0.1) is 5.92 Å². The van der Waals surface area contributed by atoms with Gasteiger partial charge in [0.1, 0.15) is 0 Å². The van der Waals surface area contributed by atoms with Gasteiger partial charge in [-0.1, -0.05) is 18.6 Å². The molecule has 118 valence electrons. The van der Waals surface area contributed by atoms with Crippen molar-refractivity contribution >= 4 is 27.7 Å². The molecule has 1 aromatic rings. The second-order valence-electron chi connectivity index (χ2n) is 6.08. The summed E-state index contributed by atoms with van der Waals surface area (Å²) in [5.74, 6) is 0.581. The maximum absolute atomic E-state index is 12.6. The molecule has 0 bridgehead atoms. The van der Waals surface area contributed by atoms with E-state index in [1.165, 1.54) is 6.42 Å². The third kappa shape index (κ3) is 3.19. The van der Waals surface area contributed by atoms with Crippen molar-refractivity contribution in [1.29, 1.82) is 0 Å². The zero-order chi connectivity index (χ0) is 15.5. The van der Waals surface area contributed by atoms with Crippen molar-refractivity contribution in [2.45, 2.75) is 25.7 Å². The highest BCUT2D eigenvalue weighted by atomic mass is 79.9. The molecule has 1 aliphatic heterocycles. The van der Waals surface area contributed by atoms with E-state index in [-0.39, 0.29) is 11.8 Å². The molecule has 1 saturated heterocycles. The largest absolute Gasteiger partial charge is 0.341 e. The van der Waals surface area contributed by atoms with E-state index >= 15 is 0 Å². The SMILES string of the molecule is O=C(c1ccccc1Br)N1CCCN(C(=O)C2CCC2)CC1. The van der Waals surface area contributed by atoms with Crippen LogP contribution in [0.3, 0.4) is 0 Å². The van der Waals surface area contributed by atoms with Crippen LogP contribution in [-0.2, 0) is 4.79 Å². The summed E-state index contributed by atoms with van der Waals surface area (Å²) < 4.78 is 0.826. The van der Waals surface area contributed by atoms with Crippen molar-refractivity contribution < 1.29 is 9.59 Å².